The number of allylic oxidation sites excluding steroid dienone is 2. The molecule has 6 heteroatoms. The van der Waals surface area contributed by atoms with Gasteiger partial charge in [0.15, 0.2) is 5.82 Å². The molecule has 0 bridgehead atoms. The van der Waals surface area contributed by atoms with Crippen LogP contribution in [0, 0.1) is 20.8 Å². The van der Waals surface area contributed by atoms with E-state index in [1.165, 1.54) is 5.57 Å². The summed E-state index contributed by atoms with van der Waals surface area (Å²) in [6.45, 7) is 5.71. The summed E-state index contributed by atoms with van der Waals surface area (Å²) in [5.74, 6) is 3.19. The summed E-state index contributed by atoms with van der Waals surface area (Å²) < 4.78 is 1.77. The lowest BCUT2D eigenvalue weighted by Crippen LogP contribution is -2.06. The molecular weight excluding hydrogens is 336 g/mol. The molecular formula is C21H18N6. The van der Waals surface area contributed by atoms with Gasteiger partial charge in [0.1, 0.15) is 17.5 Å². The second kappa shape index (κ2) is 5.81. The van der Waals surface area contributed by atoms with Crippen LogP contribution in [-0.2, 0) is 0 Å². The Balaban J connectivity index is 1.48. The fraction of sp³-hybridized carbons (Fsp3) is 0.190. The van der Waals surface area contributed by atoms with Crippen LogP contribution in [0.4, 0.5) is 0 Å². The fourth-order valence-corrected chi connectivity index (χ4v) is 3.43. The normalized spacial score (nSPS) is 15.8. The smallest absolute Gasteiger partial charge is 0.159 e. The number of hydrogen-bond acceptors (Lipinski definition) is 5. The van der Waals surface area contributed by atoms with Crippen LogP contribution in [0.15, 0.2) is 48.5 Å². The van der Waals surface area contributed by atoms with Crippen molar-refractivity contribution in [1.82, 2.24) is 29.7 Å². The molecule has 1 atom stereocenters. The second-order valence-corrected chi connectivity index (χ2v) is 6.81. The Kier molecular flexibility index (Phi) is 3.40. The summed E-state index contributed by atoms with van der Waals surface area (Å²) in [6, 6.07) is 14.3. The highest BCUT2D eigenvalue weighted by Gasteiger charge is 2.31. The summed E-state index contributed by atoms with van der Waals surface area (Å²) in [4.78, 5) is 18.3. The van der Waals surface area contributed by atoms with Crippen LogP contribution in [0.5, 0.6) is 0 Å². The predicted molar refractivity (Wildman–Crippen MR) is 104 cm³/mol. The maximum Gasteiger partial charge on any atom is 0.159 e. The van der Waals surface area contributed by atoms with Gasteiger partial charge >= 0.3 is 0 Å². The van der Waals surface area contributed by atoms with E-state index < -0.39 is 0 Å². The van der Waals surface area contributed by atoms with E-state index in [2.05, 4.69) is 44.3 Å². The van der Waals surface area contributed by atoms with E-state index in [9.17, 15) is 0 Å². The first-order valence-corrected chi connectivity index (χ1v) is 8.92. The number of fused-ring (bicyclic) bond motifs is 1. The molecule has 1 aliphatic carbocycles. The Morgan fingerprint density at radius 3 is 2.52 bits per heavy atom. The lowest BCUT2D eigenvalue weighted by atomic mass is 10.1. The monoisotopic (exact) mass is 354 g/mol. The number of pyridine rings is 1. The van der Waals surface area contributed by atoms with Gasteiger partial charge < -0.3 is 0 Å². The minimum atomic E-state index is 0.170. The molecule has 6 nitrogen and oxygen atoms in total. The van der Waals surface area contributed by atoms with Gasteiger partial charge in [-0.3, -0.25) is 0 Å². The molecule has 0 N–H and O–H groups in total. The molecule has 0 aliphatic heterocycles. The van der Waals surface area contributed by atoms with Crippen molar-refractivity contribution in [2.24, 2.45) is 0 Å². The van der Waals surface area contributed by atoms with Crippen LogP contribution in [0.2, 0.25) is 0 Å². The van der Waals surface area contributed by atoms with Gasteiger partial charge in [0.25, 0.3) is 0 Å². The first-order chi connectivity index (χ1) is 13.1. The summed E-state index contributed by atoms with van der Waals surface area (Å²) in [7, 11) is 0. The molecule has 5 rings (SSSR count). The van der Waals surface area contributed by atoms with Crippen LogP contribution >= 0.6 is 0 Å². The Morgan fingerprint density at radius 2 is 1.70 bits per heavy atom. The summed E-state index contributed by atoms with van der Waals surface area (Å²) >= 11 is 0. The maximum absolute atomic E-state index is 4.79. The average molecular weight is 354 g/mol. The van der Waals surface area contributed by atoms with Gasteiger partial charge in [0.05, 0.1) is 16.9 Å². The third-order valence-electron chi connectivity index (χ3n) is 4.72. The Morgan fingerprint density at radius 1 is 0.852 bits per heavy atom. The van der Waals surface area contributed by atoms with Gasteiger partial charge in [-0.15, -0.1) is 5.10 Å². The lowest BCUT2D eigenvalue weighted by molar-refractivity contribution is 0.783. The third-order valence-corrected chi connectivity index (χ3v) is 4.72. The Labute approximate surface area is 156 Å². The molecule has 0 amide bonds. The van der Waals surface area contributed by atoms with Crippen molar-refractivity contribution in [2.45, 2.75) is 26.7 Å². The second-order valence-electron chi connectivity index (χ2n) is 6.81. The highest BCUT2D eigenvalue weighted by atomic mass is 15.4. The SMILES string of the molecule is Cc1nc(C2C=C2c2ccc3ccccc3n2)cc(-n2nc(C)nc2C)n1. The van der Waals surface area contributed by atoms with Gasteiger partial charge in [-0.05, 0) is 38.5 Å². The van der Waals surface area contributed by atoms with E-state index in [0.717, 1.165) is 45.6 Å². The van der Waals surface area contributed by atoms with Crippen molar-refractivity contribution >= 4 is 16.5 Å². The Bertz CT molecular complexity index is 1220. The molecule has 27 heavy (non-hydrogen) atoms. The molecule has 132 valence electrons. The molecule has 0 radical (unpaired) electrons. The number of nitrogens with zero attached hydrogens (tertiary/aromatic N) is 6. The standard InChI is InChI=1S/C21H18N6/c1-12-23-20(11-21(24-12)27-14(3)22-13(2)26-27)17-10-16(17)19-9-8-15-6-4-5-7-18(15)25-19/h4-11,17H,1-3H3. The first kappa shape index (κ1) is 15.8. The number of para-hydroxylation sites is 1. The van der Waals surface area contributed by atoms with Crippen molar-refractivity contribution in [3.63, 3.8) is 0 Å². The number of aromatic nitrogens is 6. The lowest BCUT2D eigenvalue weighted by Gasteiger charge is -2.07. The summed E-state index contributed by atoms with van der Waals surface area (Å²) in [5, 5.41) is 5.59. The van der Waals surface area contributed by atoms with Crippen LogP contribution in [0.1, 0.15) is 34.8 Å². The minimum Gasteiger partial charge on any atom is -0.248 e. The van der Waals surface area contributed by atoms with Gasteiger partial charge in [0, 0.05) is 17.4 Å². The van der Waals surface area contributed by atoms with Gasteiger partial charge in [-0.1, -0.05) is 30.3 Å². The van der Waals surface area contributed by atoms with E-state index in [1.807, 2.05) is 45.0 Å². The van der Waals surface area contributed by atoms with Crippen LogP contribution in [-0.4, -0.2) is 29.7 Å². The van der Waals surface area contributed by atoms with Crippen molar-refractivity contribution in [3.8, 4) is 5.82 Å². The number of rotatable bonds is 3. The third kappa shape index (κ3) is 2.79. The van der Waals surface area contributed by atoms with E-state index in [4.69, 9.17) is 4.98 Å². The zero-order chi connectivity index (χ0) is 18.5. The number of aryl methyl sites for hydroxylation is 3. The average Bonchev–Trinajstić information content (AvgIpc) is 3.39. The van der Waals surface area contributed by atoms with Gasteiger partial charge in [-0.25, -0.2) is 19.9 Å². The molecule has 0 fully saturated rings. The van der Waals surface area contributed by atoms with Crippen LogP contribution < -0.4 is 0 Å². The van der Waals surface area contributed by atoms with Crippen molar-refractivity contribution in [2.75, 3.05) is 0 Å². The largest absolute Gasteiger partial charge is 0.248 e. The highest BCUT2D eigenvalue weighted by Crippen LogP contribution is 2.45. The molecule has 1 aromatic carbocycles. The first-order valence-electron chi connectivity index (χ1n) is 8.92. The van der Waals surface area contributed by atoms with Crippen molar-refractivity contribution < 1.29 is 0 Å². The fourth-order valence-electron chi connectivity index (χ4n) is 3.43. The molecule has 0 saturated carbocycles. The van der Waals surface area contributed by atoms with E-state index in [1.54, 1.807) is 4.68 Å². The van der Waals surface area contributed by atoms with E-state index in [-0.39, 0.29) is 5.92 Å². The summed E-state index contributed by atoms with van der Waals surface area (Å²) in [5.41, 5.74) is 4.19. The maximum atomic E-state index is 4.79. The Hall–Kier alpha value is -3.41. The van der Waals surface area contributed by atoms with E-state index >= 15 is 0 Å². The van der Waals surface area contributed by atoms with Gasteiger partial charge in [-0.2, -0.15) is 4.68 Å². The van der Waals surface area contributed by atoms with E-state index in [0.29, 0.717) is 0 Å². The highest BCUT2D eigenvalue weighted by molar-refractivity contribution is 5.87. The van der Waals surface area contributed by atoms with Crippen LogP contribution in [0.25, 0.3) is 22.3 Å². The minimum absolute atomic E-state index is 0.170. The topological polar surface area (TPSA) is 69.4 Å². The molecule has 3 aromatic heterocycles. The zero-order valence-corrected chi connectivity index (χ0v) is 15.4. The molecule has 3 heterocycles. The molecule has 0 saturated heterocycles. The molecule has 1 aliphatic rings. The van der Waals surface area contributed by atoms with Crippen LogP contribution in [0.3, 0.4) is 0 Å². The van der Waals surface area contributed by atoms with Crippen molar-refractivity contribution in [3.05, 3.63) is 77.4 Å². The van der Waals surface area contributed by atoms with Gasteiger partial charge in [0.2, 0.25) is 0 Å². The zero-order valence-electron chi connectivity index (χ0n) is 15.4. The van der Waals surface area contributed by atoms with Crippen molar-refractivity contribution in [1.29, 1.82) is 0 Å². The number of hydrogen-bond donors (Lipinski definition) is 0. The molecule has 0 spiro atoms. The number of benzene rings is 1. The predicted octanol–water partition coefficient (Wildman–Crippen LogP) is 3.71. The molecule has 4 aromatic rings. The quantitative estimate of drug-likeness (QED) is 0.561. The summed E-state index contributed by atoms with van der Waals surface area (Å²) in [6.07, 6.45) is 2.20. The molecule has 1 unspecified atom stereocenters.